The lowest BCUT2D eigenvalue weighted by Gasteiger charge is -2.14. The predicted octanol–water partition coefficient (Wildman–Crippen LogP) is 3.67. The summed E-state index contributed by atoms with van der Waals surface area (Å²) < 4.78 is 13.9. The van der Waals surface area contributed by atoms with Gasteiger partial charge in [0.1, 0.15) is 6.07 Å². The van der Waals surface area contributed by atoms with Gasteiger partial charge in [-0.15, -0.1) is 5.10 Å². The monoisotopic (exact) mass is 587 g/mol. The van der Waals surface area contributed by atoms with E-state index >= 15 is 0 Å². The van der Waals surface area contributed by atoms with Crippen LogP contribution in [-0.2, 0) is 10.1 Å². The standard InChI is InChI=1S/C16H11BrIN7O3S/c1-24-16(21-22-23-24)29-14-5-3-11(25(28)18-27)7-12(14)15(26)20-13-4-2-10(17)6-9(13)8-19/h2-7,28H,1H3,(H,20,26). The van der Waals surface area contributed by atoms with Gasteiger partial charge in [0.2, 0.25) is 5.16 Å². The number of hydrogen-bond donors (Lipinski definition) is 2. The van der Waals surface area contributed by atoms with Crippen molar-refractivity contribution in [3.8, 4) is 6.07 Å². The van der Waals surface area contributed by atoms with Gasteiger partial charge in [-0.25, -0.2) is 7.75 Å². The second kappa shape index (κ2) is 9.39. The molecule has 3 rings (SSSR count). The summed E-state index contributed by atoms with van der Waals surface area (Å²) in [6.07, 6.45) is 0. The Morgan fingerprint density at radius 1 is 1.38 bits per heavy atom. The van der Waals surface area contributed by atoms with Crippen LogP contribution in [0.25, 0.3) is 0 Å². The SMILES string of the molecule is Cn1nnnc1Sc1ccc(N(O)I=O)cc1C(=O)Nc1ccc(Br)cc1C#N. The first kappa shape index (κ1) is 21.3. The van der Waals surface area contributed by atoms with Gasteiger partial charge in [-0.3, -0.25) is 10.0 Å². The number of aryl methyl sites for hydroxylation is 1. The second-order valence-corrected chi connectivity index (χ2v) is 8.69. The lowest BCUT2D eigenvalue weighted by Crippen LogP contribution is -2.15. The number of nitrogens with zero attached hydrogens (tertiary/aromatic N) is 6. The Bertz CT molecular complexity index is 1130. The molecule has 0 spiro atoms. The van der Waals surface area contributed by atoms with Gasteiger partial charge in [0.05, 0.1) is 22.5 Å². The molecule has 2 N–H and O–H groups in total. The van der Waals surface area contributed by atoms with Gasteiger partial charge < -0.3 is 5.32 Å². The van der Waals surface area contributed by atoms with Gasteiger partial charge in [0.15, 0.2) is 0 Å². The molecule has 0 aliphatic rings. The minimum atomic E-state index is -1.87. The van der Waals surface area contributed by atoms with E-state index in [1.165, 1.54) is 16.8 Å². The molecule has 0 radical (unpaired) electrons. The smallest absolute Gasteiger partial charge is 0.300 e. The summed E-state index contributed by atoms with van der Waals surface area (Å²) in [7, 11) is 1.66. The Labute approximate surface area is 188 Å². The Balaban J connectivity index is 2.00. The van der Waals surface area contributed by atoms with Gasteiger partial charge in [-0.1, -0.05) is 15.9 Å². The van der Waals surface area contributed by atoms with Crippen LogP contribution in [0.4, 0.5) is 11.4 Å². The Morgan fingerprint density at radius 2 is 2.17 bits per heavy atom. The molecule has 13 heteroatoms. The fourth-order valence-electron chi connectivity index (χ4n) is 2.25. The molecule has 0 saturated heterocycles. The van der Waals surface area contributed by atoms with Crippen molar-refractivity contribution in [1.29, 1.82) is 5.26 Å². The molecule has 0 saturated carbocycles. The fourth-order valence-corrected chi connectivity index (χ4v) is 3.98. The van der Waals surface area contributed by atoms with Crippen LogP contribution in [0.1, 0.15) is 15.9 Å². The van der Waals surface area contributed by atoms with Crippen LogP contribution in [0.5, 0.6) is 0 Å². The van der Waals surface area contributed by atoms with Crippen molar-refractivity contribution >= 4 is 66.4 Å². The third kappa shape index (κ3) is 4.96. The highest BCUT2D eigenvalue weighted by Gasteiger charge is 2.19. The Morgan fingerprint density at radius 3 is 2.83 bits per heavy atom. The number of tetrazole rings is 1. The van der Waals surface area contributed by atoms with E-state index in [4.69, 9.17) is 0 Å². The molecule has 1 aromatic heterocycles. The molecule has 3 aromatic rings. The zero-order valence-corrected chi connectivity index (χ0v) is 19.1. The van der Waals surface area contributed by atoms with Crippen LogP contribution in [0.3, 0.4) is 0 Å². The van der Waals surface area contributed by atoms with Crippen molar-refractivity contribution in [1.82, 2.24) is 20.2 Å². The first-order valence-electron chi connectivity index (χ1n) is 7.74. The molecule has 0 fully saturated rings. The number of amides is 1. The van der Waals surface area contributed by atoms with Crippen molar-refractivity contribution < 1.29 is 13.1 Å². The number of carbonyl (C=O) groups is 1. The van der Waals surface area contributed by atoms with Crippen molar-refractivity contribution in [2.75, 3.05) is 8.59 Å². The number of benzene rings is 2. The Hall–Kier alpha value is -2.41. The summed E-state index contributed by atoms with van der Waals surface area (Å²) in [5, 5.41) is 33.4. The van der Waals surface area contributed by atoms with Crippen LogP contribution in [0.2, 0.25) is 0 Å². The largest absolute Gasteiger partial charge is 0.321 e. The van der Waals surface area contributed by atoms with Crippen LogP contribution in [0, 0.1) is 11.3 Å². The summed E-state index contributed by atoms with van der Waals surface area (Å²) in [5.74, 6) is -0.513. The van der Waals surface area contributed by atoms with Crippen LogP contribution in [-0.4, -0.2) is 31.3 Å². The summed E-state index contributed by atoms with van der Waals surface area (Å²) in [4.78, 5) is 13.5. The number of nitrogens with one attached hydrogen (secondary N) is 1. The first-order chi connectivity index (χ1) is 13.9. The highest BCUT2D eigenvalue weighted by atomic mass is 127. The highest BCUT2D eigenvalue weighted by Crippen LogP contribution is 2.33. The number of hydrogen-bond acceptors (Lipinski definition) is 8. The average Bonchev–Trinajstić information content (AvgIpc) is 3.13. The molecule has 0 bridgehead atoms. The van der Waals surface area contributed by atoms with E-state index < -0.39 is 27.4 Å². The molecular weight excluding hydrogens is 577 g/mol. The van der Waals surface area contributed by atoms with Crippen molar-refractivity contribution in [3.63, 3.8) is 0 Å². The van der Waals surface area contributed by atoms with Crippen molar-refractivity contribution in [2.24, 2.45) is 7.05 Å². The van der Waals surface area contributed by atoms with Gasteiger partial charge >= 0.3 is 0 Å². The normalized spacial score (nSPS) is 10.4. The zero-order chi connectivity index (χ0) is 21.0. The maximum Gasteiger partial charge on any atom is 0.300 e. The molecule has 10 nitrogen and oxygen atoms in total. The number of carbonyl (C=O) groups excluding carboxylic acids is 1. The number of aromatic nitrogens is 4. The fraction of sp³-hybridized carbons (Fsp3) is 0.0625. The Kier molecular flexibility index (Phi) is 6.90. The molecule has 0 unspecified atom stereocenters. The van der Waals surface area contributed by atoms with Gasteiger partial charge in [-0.05, 0) is 58.6 Å². The molecule has 0 aliphatic heterocycles. The number of anilines is 2. The van der Waals surface area contributed by atoms with E-state index in [1.807, 2.05) is 6.07 Å². The van der Waals surface area contributed by atoms with E-state index in [1.54, 1.807) is 31.3 Å². The lowest BCUT2D eigenvalue weighted by molar-refractivity contribution is 0.102. The molecular formula is C16H11BrIN7O3S. The number of halogens is 2. The van der Waals surface area contributed by atoms with Gasteiger partial charge in [0, 0.05) is 16.4 Å². The van der Waals surface area contributed by atoms with E-state index in [2.05, 4.69) is 36.8 Å². The van der Waals surface area contributed by atoms with E-state index in [9.17, 15) is 18.3 Å². The second-order valence-electron chi connectivity index (χ2n) is 5.45. The van der Waals surface area contributed by atoms with Crippen molar-refractivity contribution in [2.45, 2.75) is 10.1 Å². The third-order valence-corrected chi connectivity index (χ3v) is 6.15. The van der Waals surface area contributed by atoms with Crippen LogP contribution < -0.4 is 8.59 Å². The van der Waals surface area contributed by atoms with E-state index in [0.29, 0.717) is 23.5 Å². The zero-order valence-electron chi connectivity index (χ0n) is 14.6. The molecule has 0 aliphatic carbocycles. The number of rotatable bonds is 6. The van der Waals surface area contributed by atoms with Gasteiger partial charge in [0.25, 0.3) is 27.4 Å². The summed E-state index contributed by atoms with van der Waals surface area (Å²) in [6.45, 7) is 0. The minimum absolute atomic E-state index is 0.193. The molecule has 148 valence electrons. The quantitative estimate of drug-likeness (QED) is 0.251. The minimum Gasteiger partial charge on any atom is -0.321 e. The van der Waals surface area contributed by atoms with E-state index in [-0.39, 0.29) is 16.8 Å². The lowest BCUT2D eigenvalue weighted by atomic mass is 10.1. The topological polar surface area (TPSA) is 137 Å². The van der Waals surface area contributed by atoms with Gasteiger partial charge in [-0.2, -0.15) is 8.54 Å². The average molecular weight is 588 g/mol. The maximum atomic E-state index is 13.0. The van der Waals surface area contributed by atoms with Crippen LogP contribution >= 0.6 is 49.2 Å². The van der Waals surface area contributed by atoms with E-state index in [0.717, 1.165) is 11.8 Å². The highest BCUT2D eigenvalue weighted by molar-refractivity contribution is 14.1. The summed E-state index contributed by atoms with van der Waals surface area (Å²) in [5.41, 5.74) is 1.01. The molecule has 2 aromatic carbocycles. The maximum absolute atomic E-state index is 13.0. The first-order valence-corrected chi connectivity index (χ1v) is 11.2. The van der Waals surface area contributed by atoms with Crippen LogP contribution in [0.15, 0.2) is 50.9 Å². The predicted molar refractivity (Wildman–Crippen MR) is 115 cm³/mol. The molecule has 1 amide bonds. The van der Waals surface area contributed by atoms with Crippen molar-refractivity contribution in [3.05, 3.63) is 52.0 Å². The molecule has 0 atom stereocenters. The number of nitriles is 1. The summed E-state index contributed by atoms with van der Waals surface area (Å²) in [6, 6.07) is 11.4. The molecule has 29 heavy (non-hydrogen) atoms. The third-order valence-electron chi connectivity index (χ3n) is 3.62. The molecule has 1 heterocycles. The summed E-state index contributed by atoms with van der Waals surface area (Å²) >= 11 is 2.57.